The molecule has 0 bridgehead atoms. The molecule has 4 amide bonds. The van der Waals surface area contributed by atoms with Gasteiger partial charge in [-0.15, -0.1) is 0 Å². The highest BCUT2D eigenvalue weighted by molar-refractivity contribution is 5.95. The zero-order valence-corrected chi connectivity index (χ0v) is 23.1. The van der Waals surface area contributed by atoms with Crippen molar-refractivity contribution in [2.75, 3.05) is 0 Å². The zero-order valence-electron chi connectivity index (χ0n) is 23.1. The van der Waals surface area contributed by atoms with E-state index in [4.69, 9.17) is 20.1 Å². The van der Waals surface area contributed by atoms with Crippen molar-refractivity contribution in [2.24, 2.45) is 5.92 Å². The molecule has 0 fully saturated rings. The fourth-order valence-electron chi connectivity index (χ4n) is 2.97. The number of aliphatic hydroxyl groups is 1. The first-order valence-corrected chi connectivity index (χ1v) is 12.2. The van der Waals surface area contributed by atoms with Crippen molar-refractivity contribution >= 4 is 47.8 Å². The molecule has 0 spiro atoms. The summed E-state index contributed by atoms with van der Waals surface area (Å²) >= 11 is 0. The molecular weight excluding hydrogens is 581 g/mol. The van der Waals surface area contributed by atoms with Gasteiger partial charge >= 0.3 is 24.1 Å². The van der Waals surface area contributed by atoms with E-state index in [2.05, 4.69) is 21.3 Å². The van der Waals surface area contributed by atoms with Gasteiger partial charge in [-0.25, -0.2) is 4.79 Å². The highest BCUT2D eigenvalue weighted by Gasteiger charge is 2.38. The van der Waals surface area contributed by atoms with Gasteiger partial charge < -0.3 is 46.5 Å². The van der Waals surface area contributed by atoms with Crippen LogP contribution in [0, 0.1) is 5.92 Å². The minimum absolute atomic E-state index is 0.180. The Labute approximate surface area is 237 Å². The van der Waals surface area contributed by atoms with Crippen LogP contribution in [0.25, 0.3) is 0 Å². The molecular formula is C23H35F3N4O12. The Morgan fingerprint density at radius 1 is 0.810 bits per heavy atom. The normalized spacial score (nSPS) is 15.0. The van der Waals surface area contributed by atoms with Crippen LogP contribution in [-0.4, -0.2) is 105 Å². The molecule has 42 heavy (non-hydrogen) atoms. The average Bonchev–Trinajstić information content (AvgIpc) is 2.85. The summed E-state index contributed by atoms with van der Waals surface area (Å²) in [5.74, 6) is -9.02. The van der Waals surface area contributed by atoms with Crippen LogP contribution in [0.1, 0.15) is 53.4 Å². The maximum absolute atomic E-state index is 12.9. The van der Waals surface area contributed by atoms with E-state index in [0.717, 1.165) is 6.92 Å². The van der Waals surface area contributed by atoms with Crippen molar-refractivity contribution in [3.63, 3.8) is 0 Å². The van der Waals surface area contributed by atoms with E-state index >= 15 is 0 Å². The quantitative estimate of drug-likeness (QED) is 0.0925. The number of carboxylic acid groups (broad SMARTS) is 3. The monoisotopic (exact) mass is 616 g/mol. The van der Waals surface area contributed by atoms with Crippen LogP contribution in [0.3, 0.4) is 0 Å². The van der Waals surface area contributed by atoms with E-state index in [0.29, 0.717) is 6.42 Å². The van der Waals surface area contributed by atoms with Crippen molar-refractivity contribution in [3.05, 3.63) is 0 Å². The maximum Gasteiger partial charge on any atom is 0.490 e. The van der Waals surface area contributed by atoms with Gasteiger partial charge in [0.05, 0.1) is 18.6 Å². The minimum Gasteiger partial charge on any atom is -0.481 e. The van der Waals surface area contributed by atoms with E-state index in [9.17, 15) is 51.8 Å². The van der Waals surface area contributed by atoms with Crippen molar-refractivity contribution in [1.82, 2.24) is 21.3 Å². The highest BCUT2D eigenvalue weighted by atomic mass is 19.4. The van der Waals surface area contributed by atoms with E-state index in [1.54, 1.807) is 13.8 Å². The Morgan fingerprint density at radius 2 is 1.31 bits per heavy atom. The SMILES string of the molecule is CCC(C)C(NC(C)=O)C(=O)NC(CCC(=O)O)C(=O)NC(C(=O)NC(C=O)CC(=O)O)C(C)O.O=C(O)C(F)(F)F. The molecule has 0 aliphatic rings. The lowest BCUT2D eigenvalue weighted by molar-refractivity contribution is -0.192. The molecule has 0 rings (SSSR count). The molecule has 0 aromatic rings. The lowest BCUT2D eigenvalue weighted by Crippen LogP contribution is -2.60. The third kappa shape index (κ3) is 16.7. The van der Waals surface area contributed by atoms with Crippen LogP contribution < -0.4 is 21.3 Å². The number of amides is 4. The number of halogens is 3. The Bertz CT molecular complexity index is 990. The first kappa shape index (κ1) is 39.9. The summed E-state index contributed by atoms with van der Waals surface area (Å²) in [5.41, 5.74) is 0. The van der Waals surface area contributed by atoms with Crippen LogP contribution in [0.5, 0.6) is 0 Å². The molecule has 0 radical (unpaired) electrons. The molecule has 0 saturated carbocycles. The molecule has 0 saturated heterocycles. The van der Waals surface area contributed by atoms with Gasteiger partial charge in [0.25, 0.3) is 0 Å². The topological polar surface area (TPSA) is 266 Å². The van der Waals surface area contributed by atoms with Gasteiger partial charge in [0.1, 0.15) is 24.4 Å². The van der Waals surface area contributed by atoms with Gasteiger partial charge in [-0.1, -0.05) is 20.3 Å². The lowest BCUT2D eigenvalue weighted by atomic mass is 9.97. The number of hydrogen-bond donors (Lipinski definition) is 8. The summed E-state index contributed by atoms with van der Waals surface area (Å²) in [5, 5.41) is 44.0. The summed E-state index contributed by atoms with van der Waals surface area (Å²) in [6.07, 6.45) is -7.52. The van der Waals surface area contributed by atoms with Crippen LogP contribution in [-0.2, 0) is 38.4 Å². The second kappa shape index (κ2) is 18.9. The summed E-state index contributed by atoms with van der Waals surface area (Å²) in [4.78, 5) is 91.4. The Balaban J connectivity index is 0. The number of alkyl halides is 3. The second-order valence-corrected chi connectivity index (χ2v) is 8.94. The van der Waals surface area contributed by atoms with Gasteiger partial charge in [-0.3, -0.25) is 28.8 Å². The Kier molecular flexibility index (Phi) is 18.0. The van der Waals surface area contributed by atoms with Crippen molar-refractivity contribution in [1.29, 1.82) is 0 Å². The number of nitrogens with one attached hydrogen (secondary N) is 4. The lowest BCUT2D eigenvalue weighted by Gasteiger charge is -2.28. The number of aliphatic carboxylic acids is 3. The smallest absolute Gasteiger partial charge is 0.481 e. The standard InChI is InChI=1S/C21H34N4O10.C2HF3O2/c1-5-10(2)17(22-12(4)28)20(34)24-14(6-7-15(29)30)19(33)25-18(11(3)27)21(35)23-13(9-26)8-16(31)32;3-2(4,5)1(6)7/h9-11,13-14,17-18,27H,5-8H2,1-4H3,(H,22,28)(H,23,35)(H,24,34)(H,25,33)(H,29,30)(H,31,32);(H,6,7). The average molecular weight is 617 g/mol. The summed E-state index contributed by atoms with van der Waals surface area (Å²) in [6.45, 7) is 5.84. The summed E-state index contributed by atoms with van der Waals surface area (Å²) in [6, 6.07) is -5.54. The van der Waals surface area contributed by atoms with E-state index < -0.39 is 90.8 Å². The fourth-order valence-corrected chi connectivity index (χ4v) is 2.97. The van der Waals surface area contributed by atoms with Gasteiger partial charge in [0, 0.05) is 13.3 Å². The summed E-state index contributed by atoms with van der Waals surface area (Å²) < 4.78 is 31.7. The number of carbonyl (C=O) groups excluding carboxylic acids is 5. The van der Waals surface area contributed by atoms with Crippen LogP contribution in [0.15, 0.2) is 0 Å². The van der Waals surface area contributed by atoms with Crippen molar-refractivity contribution < 1.29 is 72.0 Å². The second-order valence-electron chi connectivity index (χ2n) is 8.94. The number of aliphatic hydroxyl groups excluding tert-OH is 1. The molecule has 19 heteroatoms. The van der Waals surface area contributed by atoms with Gasteiger partial charge in [-0.05, 0) is 19.3 Å². The molecule has 6 unspecified atom stereocenters. The largest absolute Gasteiger partial charge is 0.490 e. The third-order valence-electron chi connectivity index (χ3n) is 5.33. The van der Waals surface area contributed by atoms with E-state index in [-0.39, 0.29) is 18.6 Å². The number of rotatable bonds is 16. The molecule has 240 valence electrons. The number of hydrogen-bond acceptors (Lipinski definition) is 9. The Hall–Kier alpha value is -4.29. The van der Waals surface area contributed by atoms with Gasteiger partial charge in [0.2, 0.25) is 23.6 Å². The van der Waals surface area contributed by atoms with Crippen LogP contribution >= 0.6 is 0 Å². The molecule has 16 nitrogen and oxygen atoms in total. The summed E-state index contributed by atoms with van der Waals surface area (Å²) in [7, 11) is 0. The maximum atomic E-state index is 12.9. The van der Waals surface area contributed by atoms with E-state index in [1.165, 1.54) is 6.92 Å². The predicted molar refractivity (Wildman–Crippen MR) is 133 cm³/mol. The predicted octanol–water partition coefficient (Wildman–Crippen LogP) is -1.46. The highest BCUT2D eigenvalue weighted by Crippen LogP contribution is 2.13. The fraction of sp³-hybridized carbons (Fsp3) is 0.652. The molecule has 0 aromatic carbocycles. The zero-order chi connectivity index (χ0) is 33.4. The first-order valence-electron chi connectivity index (χ1n) is 12.2. The van der Waals surface area contributed by atoms with Crippen molar-refractivity contribution in [3.8, 4) is 0 Å². The van der Waals surface area contributed by atoms with E-state index in [1.807, 2.05) is 0 Å². The minimum atomic E-state index is -5.08. The third-order valence-corrected chi connectivity index (χ3v) is 5.33. The van der Waals surface area contributed by atoms with Crippen LogP contribution in [0.4, 0.5) is 13.2 Å². The molecule has 0 aromatic heterocycles. The molecule has 8 N–H and O–H groups in total. The molecule has 6 atom stereocenters. The Morgan fingerprint density at radius 3 is 1.67 bits per heavy atom. The molecule has 0 aliphatic heterocycles. The van der Waals surface area contributed by atoms with Gasteiger partial charge in [-0.2, -0.15) is 13.2 Å². The molecule has 0 aliphatic carbocycles. The van der Waals surface area contributed by atoms with Crippen molar-refractivity contribution in [2.45, 2.75) is 89.8 Å². The van der Waals surface area contributed by atoms with Gasteiger partial charge in [0.15, 0.2) is 0 Å². The number of carbonyl (C=O) groups is 8. The number of carboxylic acids is 3. The first-order chi connectivity index (χ1) is 19.2. The molecule has 0 heterocycles. The van der Waals surface area contributed by atoms with Crippen LogP contribution in [0.2, 0.25) is 0 Å². The number of aldehydes is 1.